The van der Waals surface area contributed by atoms with E-state index < -0.39 is 22.7 Å². The van der Waals surface area contributed by atoms with E-state index in [1.807, 2.05) is 13.8 Å². The number of ether oxygens (including phenoxy) is 2. The van der Waals surface area contributed by atoms with Crippen molar-refractivity contribution in [3.8, 4) is 11.5 Å². The van der Waals surface area contributed by atoms with Crippen LogP contribution in [0.1, 0.15) is 31.0 Å². The van der Waals surface area contributed by atoms with Crippen molar-refractivity contribution in [2.24, 2.45) is 0 Å². The predicted molar refractivity (Wildman–Crippen MR) is 146 cm³/mol. The van der Waals surface area contributed by atoms with E-state index in [9.17, 15) is 24.8 Å². The van der Waals surface area contributed by atoms with Crippen LogP contribution in [0.4, 0.5) is 10.8 Å². The van der Waals surface area contributed by atoms with Gasteiger partial charge >= 0.3 is 5.91 Å². The quantitative estimate of drug-likeness (QED) is 0.0991. The van der Waals surface area contributed by atoms with Gasteiger partial charge in [0.05, 0.1) is 40.0 Å². The molecule has 0 saturated carbocycles. The van der Waals surface area contributed by atoms with Crippen LogP contribution >= 0.6 is 11.3 Å². The maximum atomic E-state index is 13.4. The predicted octanol–water partition coefficient (Wildman–Crippen LogP) is 5.63. The van der Waals surface area contributed by atoms with E-state index in [1.54, 1.807) is 42.5 Å². The number of aromatic nitrogens is 1. The van der Waals surface area contributed by atoms with Crippen molar-refractivity contribution in [3.05, 3.63) is 93.5 Å². The molecule has 1 aliphatic rings. The zero-order chi connectivity index (χ0) is 27.7. The minimum atomic E-state index is -1.07. The van der Waals surface area contributed by atoms with Gasteiger partial charge in [-0.2, -0.15) is 0 Å². The summed E-state index contributed by atoms with van der Waals surface area (Å²) in [6.07, 6.45) is 0. The van der Waals surface area contributed by atoms with Crippen molar-refractivity contribution in [1.82, 2.24) is 4.98 Å². The Morgan fingerprint density at radius 1 is 1.00 bits per heavy atom. The average molecular weight is 546 g/mol. The van der Waals surface area contributed by atoms with Gasteiger partial charge in [-0.15, -0.1) is 0 Å². The number of fused-ring (bicyclic) bond motifs is 1. The molecule has 5 rings (SSSR count). The highest BCUT2D eigenvalue weighted by Gasteiger charge is 2.48. The van der Waals surface area contributed by atoms with Crippen molar-refractivity contribution < 1.29 is 29.1 Å². The van der Waals surface area contributed by atoms with Crippen molar-refractivity contribution in [3.63, 3.8) is 0 Å². The highest BCUT2D eigenvalue weighted by Crippen LogP contribution is 2.45. The molecule has 198 valence electrons. The monoisotopic (exact) mass is 545 g/mol. The fourth-order valence-corrected chi connectivity index (χ4v) is 5.43. The molecule has 0 spiro atoms. The van der Waals surface area contributed by atoms with E-state index in [0.717, 1.165) is 4.70 Å². The Morgan fingerprint density at radius 3 is 2.28 bits per heavy atom. The fraction of sp³-hybridized carbons (Fsp3) is 0.179. The second-order valence-electron chi connectivity index (χ2n) is 8.53. The zero-order valence-corrected chi connectivity index (χ0v) is 21.8. The van der Waals surface area contributed by atoms with Gasteiger partial charge < -0.3 is 14.6 Å². The van der Waals surface area contributed by atoms with E-state index in [4.69, 9.17) is 9.47 Å². The van der Waals surface area contributed by atoms with Crippen LogP contribution in [0.3, 0.4) is 0 Å². The lowest BCUT2D eigenvalue weighted by molar-refractivity contribution is -0.384. The lowest BCUT2D eigenvalue weighted by Gasteiger charge is -2.22. The number of rotatable bonds is 8. The fourth-order valence-electron chi connectivity index (χ4n) is 4.41. The van der Waals surface area contributed by atoms with Crippen LogP contribution in [0, 0.1) is 10.1 Å². The number of nitrogens with zero attached hydrogens (tertiary/aromatic N) is 3. The van der Waals surface area contributed by atoms with Gasteiger partial charge in [0.15, 0.2) is 5.13 Å². The van der Waals surface area contributed by atoms with Crippen LogP contribution in [0.2, 0.25) is 0 Å². The number of benzene rings is 3. The van der Waals surface area contributed by atoms with Gasteiger partial charge in [0.25, 0.3) is 11.5 Å². The molecule has 39 heavy (non-hydrogen) atoms. The van der Waals surface area contributed by atoms with E-state index in [1.165, 1.54) is 40.5 Å². The molecule has 1 aliphatic heterocycles. The van der Waals surface area contributed by atoms with E-state index in [2.05, 4.69) is 4.98 Å². The Kier molecular flexibility index (Phi) is 6.99. The molecule has 1 N–H and O–H groups in total. The van der Waals surface area contributed by atoms with Crippen molar-refractivity contribution >= 4 is 49.8 Å². The third-order valence-electron chi connectivity index (χ3n) is 6.17. The van der Waals surface area contributed by atoms with Gasteiger partial charge in [0.1, 0.15) is 17.3 Å². The summed E-state index contributed by atoms with van der Waals surface area (Å²) in [5.74, 6) is -0.900. The molecular formula is C28H23N3O7S. The molecule has 4 aromatic rings. The maximum Gasteiger partial charge on any atom is 0.301 e. The first-order chi connectivity index (χ1) is 18.8. The van der Waals surface area contributed by atoms with Crippen LogP contribution < -0.4 is 14.4 Å². The summed E-state index contributed by atoms with van der Waals surface area (Å²) in [4.78, 5) is 43.4. The molecule has 0 aliphatic carbocycles. The van der Waals surface area contributed by atoms with Crippen LogP contribution in [0.25, 0.3) is 16.0 Å². The molecule has 1 saturated heterocycles. The number of amides is 1. The highest BCUT2D eigenvalue weighted by molar-refractivity contribution is 7.22. The first kappa shape index (κ1) is 25.9. The number of carbonyl (C=O) groups excluding carboxylic acids is 2. The van der Waals surface area contributed by atoms with Crippen molar-refractivity contribution in [2.45, 2.75) is 19.9 Å². The Morgan fingerprint density at radius 2 is 1.64 bits per heavy atom. The number of non-ortho nitro benzene ring substituents is 1. The molecule has 1 unspecified atom stereocenters. The lowest BCUT2D eigenvalue weighted by Crippen LogP contribution is -2.29. The number of hydrogen-bond donors (Lipinski definition) is 1. The molecule has 1 amide bonds. The Balaban J connectivity index is 1.66. The molecule has 2 heterocycles. The summed E-state index contributed by atoms with van der Waals surface area (Å²) in [6.45, 7) is 4.66. The lowest BCUT2D eigenvalue weighted by atomic mass is 9.95. The summed E-state index contributed by atoms with van der Waals surface area (Å²) in [5.41, 5.74) is 1.03. The van der Waals surface area contributed by atoms with E-state index in [-0.39, 0.29) is 22.2 Å². The largest absolute Gasteiger partial charge is 0.507 e. The van der Waals surface area contributed by atoms with Crippen LogP contribution in [-0.4, -0.2) is 39.9 Å². The Bertz CT molecular complexity index is 1610. The molecular weight excluding hydrogens is 522 g/mol. The topological polar surface area (TPSA) is 132 Å². The molecule has 10 nitrogen and oxygen atoms in total. The van der Waals surface area contributed by atoms with Gasteiger partial charge in [0.2, 0.25) is 0 Å². The van der Waals surface area contributed by atoms with Crippen LogP contribution in [0.15, 0.2) is 72.3 Å². The molecule has 0 radical (unpaired) electrons. The Hall–Kier alpha value is -4.77. The average Bonchev–Trinajstić information content (AvgIpc) is 3.47. The van der Waals surface area contributed by atoms with Crippen molar-refractivity contribution in [1.29, 1.82) is 0 Å². The number of nitro groups is 1. The molecule has 0 bridgehead atoms. The number of Topliss-reactive ketones (excluding diaryl/α,β-unsaturated/α-hetero) is 1. The zero-order valence-electron chi connectivity index (χ0n) is 21.0. The van der Waals surface area contributed by atoms with Crippen LogP contribution in [0.5, 0.6) is 11.5 Å². The smallest absolute Gasteiger partial charge is 0.301 e. The number of ketones is 1. The van der Waals surface area contributed by atoms with Gasteiger partial charge in [-0.25, -0.2) is 4.98 Å². The maximum absolute atomic E-state index is 13.4. The van der Waals surface area contributed by atoms with Gasteiger partial charge in [-0.3, -0.25) is 24.6 Å². The SMILES string of the molecule is CCOc1ccc(C(O)=C2C(=O)C(=O)N(c3nc4ccc(OCC)cc4s3)C2c2ccc([N+](=O)[O-])cc2)cc1. The number of anilines is 1. The number of aliphatic hydroxyl groups excluding tert-OH is 1. The number of hydrogen-bond acceptors (Lipinski definition) is 9. The summed E-state index contributed by atoms with van der Waals surface area (Å²) >= 11 is 1.20. The molecule has 3 aromatic carbocycles. The summed E-state index contributed by atoms with van der Waals surface area (Å²) in [6, 6.07) is 16.3. The molecule has 11 heteroatoms. The third-order valence-corrected chi connectivity index (χ3v) is 7.19. The van der Waals surface area contributed by atoms with E-state index in [0.29, 0.717) is 41.4 Å². The number of nitro benzene ring substituents is 1. The first-order valence-corrected chi connectivity index (χ1v) is 13.0. The minimum Gasteiger partial charge on any atom is -0.507 e. The first-order valence-electron chi connectivity index (χ1n) is 12.1. The second kappa shape index (κ2) is 10.5. The minimum absolute atomic E-state index is 0.146. The van der Waals surface area contributed by atoms with E-state index >= 15 is 0 Å². The van der Waals surface area contributed by atoms with Gasteiger partial charge in [-0.05, 0) is 74.0 Å². The summed E-state index contributed by atoms with van der Waals surface area (Å²) in [7, 11) is 0. The summed E-state index contributed by atoms with van der Waals surface area (Å²) in [5, 5.41) is 22.8. The molecule has 1 aromatic heterocycles. The van der Waals surface area contributed by atoms with Gasteiger partial charge in [-0.1, -0.05) is 11.3 Å². The number of aliphatic hydroxyl groups is 1. The molecule has 1 atom stereocenters. The number of carbonyl (C=O) groups is 2. The van der Waals surface area contributed by atoms with Gasteiger partial charge in [0, 0.05) is 17.7 Å². The highest BCUT2D eigenvalue weighted by atomic mass is 32.1. The summed E-state index contributed by atoms with van der Waals surface area (Å²) < 4.78 is 11.8. The second-order valence-corrected chi connectivity index (χ2v) is 9.54. The third kappa shape index (κ3) is 4.79. The Labute approximate surface area is 226 Å². The standard InChI is InChI=1S/C28H23N3O7S/c1-3-37-19-11-7-17(8-12-19)25(32)23-24(16-5-9-18(10-6-16)31(35)36)30(27(34)26(23)33)28-29-21-14-13-20(38-4-2)15-22(21)39-28/h5-15,24,32H,3-4H2,1-2H3. The number of thiazole rings is 1. The van der Waals surface area contributed by atoms with Crippen molar-refractivity contribution in [2.75, 3.05) is 18.1 Å². The normalized spacial score (nSPS) is 16.6. The molecule has 1 fully saturated rings. The van der Waals surface area contributed by atoms with Crippen LogP contribution in [-0.2, 0) is 9.59 Å².